The Kier molecular flexibility index (Phi) is 4.86. The van der Waals surface area contributed by atoms with Crippen molar-refractivity contribution in [3.8, 4) is 0 Å². The van der Waals surface area contributed by atoms with Gasteiger partial charge in [-0.2, -0.15) is 0 Å². The molecule has 1 aromatic heterocycles. The first-order valence-corrected chi connectivity index (χ1v) is 7.72. The molecule has 0 amide bonds. The molecule has 1 unspecified atom stereocenters. The van der Waals surface area contributed by atoms with E-state index in [4.69, 9.17) is 10.7 Å². The van der Waals surface area contributed by atoms with E-state index in [0.29, 0.717) is 12.0 Å². The molecule has 0 spiro atoms. The third kappa shape index (κ3) is 3.30. The largest absolute Gasteiger partial charge is 0.342 e. The number of aryl methyl sites for hydroxylation is 2. The van der Waals surface area contributed by atoms with Gasteiger partial charge in [0.1, 0.15) is 0 Å². The van der Waals surface area contributed by atoms with Gasteiger partial charge in [-0.25, -0.2) is 4.98 Å². The van der Waals surface area contributed by atoms with E-state index < -0.39 is 0 Å². The molecule has 1 fully saturated rings. The molecule has 0 bridgehead atoms. The molecule has 0 aliphatic carbocycles. The second-order valence-electron chi connectivity index (χ2n) is 5.76. The number of nitrogens with two attached hydrogens (primary N) is 1. The number of rotatable bonds is 5. The van der Waals surface area contributed by atoms with Gasteiger partial charge in [0, 0.05) is 31.9 Å². The normalized spacial score (nSPS) is 18.8. The van der Waals surface area contributed by atoms with Crippen LogP contribution >= 0.6 is 0 Å². The monoisotopic (exact) mass is 264 g/mol. The van der Waals surface area contributed by atoms with E-state index in [1.165, 1.54) is 24.5 Å². The van der Waals surface area contributed by atoms with Crippen LogP contribution in [0.3, 0.4) is 0 Å². The second-order valence-corrected chi connectivity index (χ2v) is 5.76. The van der Waals surface area contributed by atoms with Gasteiger partial charge < -0.3 is 15.2 Å². The number of hydrogen-bond donors (Lipinski definition) is 1. The summed E-state index contributed by atoms with van der Waals surface area (Å²) in [5.41, 5.74) is 7.22. The van der Waals surface area contributed by atoms with Gasteiger partial charge in [0.25, 0.3) is 0 Å². The maximum Gasteiger partial charge on any atom is 0.205 e. The Labute approximate surface area is 117 Å². The van der Waals surface area contributed by atoms with Crippen LogP contribution in [0.4, 0.5) is 5.95 Å². The van der Waals surface area contributed by atoms with Crippen molar-refractivity contribution in [3.05, 3.63) is 11.9 Å². The van der Waals surface area contributed by atoms with Gasteiger partial charge in [0.05, 0.1) is 5.69 Å². The molecule has 108 valence electrons. The summed E-state index contributed by atoms with van der Waals surface area (Å²) >= 11 is 0. The van der Waals surface area contributed by atoms with Crippen LogP contribution in [-0.2, 0) is 13.0 Å². The van der Waals surface area contributed by atoms with Crippen molar-refractivity contribution < 1.29 is 0 Å². The molecule has 2 heterocycles. The quantitative estimate of drug-likeness (QED) is 0.888. The summed E-state index contributed by atoms with van der Waals surface area (Å²) in [6, 6.07) is 0.323. The van der Waals surface area contributed by atoms with Crippen LogP contribution in [-0.4, -0.2) is 28.7 Å². The maximum atomic E-state index is 6.02. The fourth-order valence-electron chi connectivity index (χ4n) is 2.91. The van der Waals surface area contributed by atoms with Crippen LogP contribution in [0, 0.1) is 5.92 Å². The Morgan fingerprint density at radius 3 is 2.58 bits per heavy atom. The Morgan fingerprint density at radius 2 is 2.05 bits per heavy atom. The van der Waals surface area contributed by atoms with Crippen molar-refractivity contribution in [1.29, 1.82) is 0 Å². The van der Waals surface area contributed by atoms with Crippen molar-refractivity contribution in [3.63, 3.8) is 0 Å². The summed E-state index contributed by atoms with van der Waals surface area (Å²) in [5, 5.41) is 0. The Balaban J connectivity index is 2.07. The third-order valence-electron chi connectivity index (χ3n) is 4.20. The van der Waals surface area contributed by atoms with E-state index in [0.717, 1.165) is 32.5 Å². The van der Waals surface area contributed by atoms with Crippen LogP contribution in [0.1, 0.15) is 45.7 Å². The first kappa shape index (κ1) is 14.4. The van der Waals surface area contributed by atoms with E-state index in [-0.39, 0.29) is 0 Å². The highest BCUT2D eigenvalue weighted by Gasteiger charge is 2.24. The molecular weight excluding hydrogens is 236 g/mol. The van der Waals surface area contributed by atoms with Crippen molar-refractivity contribution >= 4 is 5.95 Å². The minimum absolute atomic E-state index is 0.323. The topological polar surface area (TPSA) is 47.1 Å². The molecule has 1 saturated heterocycles. The lowest BCUT2D eigenvalue weighted by molar-refractivity contribution is 0.351. The number of imidazole rings is 1. The van der Waals surface area contributed by atoms with E-state index >= 15 is 0 Å². The summed E-state index contributed by atoms with van der Waals surface area (Å²) < 4.78 is 2.32. The number of piperidine rings is 1. The Hall–Kier alpha value is -1.03. The number of hydrogen-bond acceptors (Lipinski definition) is 3. The summed E-state index contributed by atoms with van der Waals surface area (Å²) in [7, 11) is 0. The molecule has 1 aliphatic heterocycles. The average Bonchev–Trinajstić information content (AvgIpc) is 2.82. The van der Waals surface area contributed by atoms with Crippen molar-refractivity contribution in [2.24, 2.45) is 11.7 Å². The average molecular weight is 264 g/mol. The van der Waals surface area contributed by atoms with E-state index in [2.05, 4.69) is 36.4 Å². The molecular formula is C15H28N4. The first-order valence-electron chi connectivity index (χ1n) is 7.72. The molecule has 0 radical (unpaired) electrons. The van der Waals surface area contributed by atoms with E-state index in [1.54, 1.807) is 0 Å². The molecule has 0 aromatic carbocycles. The van der Waals surface area contributed by atoms with Gasteiger partial charge in [-0.05, 0) is 38.5 Å². The molecule has 0 saturated carbocycles. The summed E-state index contributed by atoms with van der Waals surface area (Å²) in [6.07, 6.45) is 6.77. The van der Waals surface area contributed by atoms with Crippen LogP contribution in [0.15, 0.2) is 6.20 Å². The zero-order valence-corrected chi connectivity index (χ0v) is 12.6. The van der Waals surface area contributed by atoms with Crippen LogP contribution in [0.2, 0.25) is 0 Å². The lowest BCUT2D eigenvalue weighted by atomic mass is 9.91. The van der Waals surface area contributed by atoms with Crippen molar-refractivity contribution in [2.45, 2.75) is 59.0 Å². The number of nitrogens with zero attached hydrogens (tertiary/aromatic N) is 3. The van der Waals surface area contributed by atoms with Crippen molar-refractivity contribution in [1.82, 2.24) is 9.55 Å². The van der Waals surface area contributed by atoms with E-state index in [1.807, 2.05) is 0 Å². The molecule has 4 heteroatoms. The number of anilines is 1. The van der Waals surface area contributed by atoms with Crippen LogP contribution in [0.5, 0.6) is 0 Å². The predicted molar refractivity (Wildman–Crippen MR) is 80.5 cm³/mol. The smallest absolute Gasteiger partial charge is 0.205 e. The predicted octanol–water partition coefficient (Wildman–Crippen LogP) is 2.42. The van der Waals surface area contributed by atoms with E-state index in [9.17, 15) is 0 Å². The highest BCUT2D eigenvalue weighted by Crippen LogP contribution is 2.24. The molecule has 4 nitrogen and oxygen atoms in total. The standard InChI is InChI=1S/C15H28N4/c1-4-8-19-11-14(5-2)17-15(19)18-9-6-13(7-10-18)12(3)16/h11-13H,4-10,16H2,1-3H3. The van der Waals surface area contributed by atoms with Gasteiger partial charge in [-0.1, -0.05) is 13.8 Å². The SMILES string of the molecule is CCCn1cc(CC)nc1N1CCC(C(C)N)CC1. The fourth-order valence-corrected chi connectivity index (χ4v) is 2.91. The first-order chi connectivity index (χ1) is 9.15. The van der Waals surface area contributed by atoms with Gasteiger partial charge in [0.15, 0.2) is 0 Å². The summed E-state index contributed by atoms with van der Waals surface area (Å²) in [5.74, 6) is 1.85. The van der Waals surface area contributed by atoms with Crippen LogP contribution < -0.4 is 10.6 Å². The third-order valence-corrected chi connectivity index (χ3v) is 4.20. The lowest BCUT2D eigenvalue weighted by Crippen LogP contribution is -2.40. The lowest BCUT2D eigenvalue weighted by Gasteiger charge is -2.34. The molecule has 2 rings (SSSR count). The van der Waals surface area contributed by atoms with Gasteiger partial charge in [-0.3, -0.25) is 0 Å². The highest BCUT2D eigenvalue weighted by molar-refractivity contribution is 5.34. The second kappa shape index (κ2) is 6.42. The fraction of sp³-hybridized carbons (Fsp3) is 0.800. The molecule has 19 heavy (non-hydrogen) atoms. The zero-order valence-electron chi connectivity index (χ0n) is 12.6. The van der Waals surface area contributed by atoms with Crippen molar-refractivity contribution in [2.75, 3.05) is 18.0 Å². The Bertz CT molecular complexity index is 389. The van der Waals surface area contributed by atoms with Crippen LogP contribution in [0.25, 0.3) is 0 Å². The minimum Gasteiger partial charge on any atom is -0.342 e. The summed E-state index contributed by atoms with van der Waals surface area (Å²) in [6.45, 7) is 9.78. The molecule has 1 aliphatic rings. The van der Waals surface area contributed by atoms with Gasteiger partial charge in [-0.15, -0.1) is 0 Å². The Morgan fingerprint density at radius 1 is 1.37 bits per heavy atom. The molecule has 2 N–H and O–H groups in total. The molecule has 1 aromatic rings. The van der Waals surface area contributed by atoms with Gasteiger partial charge >= 0.3 is 0 Å². The zero-order chi connectivity index (χ0) is 13.8. The minimum atomic E-state index is 0.323. The highest BCUT2D eigenvalue weighted by atomic mass is 15.3. The summed E-state index contributed by atoms with van der Waals surface area (Å²) in [4.78, 5) is 7.24. The molecule has 1 atom stereocenters. The van der Waals surface area contributed by atoms with Gasteiger partial charge in [0.2, 0.25) is 5.95 Å². The number of aromatic nitrogens is 2. The maximum absolute atomic E-state index is 6.02.